The van der Waals surface area contributed by atoms with Crippen molar-refractivity contribution < 1.29 is 37.0 Å². The fraction of sp³-hybridized carbons (Fsp3) is 0.357. The zero-order chi connectivity index (χ0) is 27.9. The molecular formula is C28H34O8S. The van der Waals surface area contributed by atoms with Crippen LogP contribution in [0.4, 0.5) is 0 Å². The second kappa shape index (κ2) is 12.6. The summed E-state index contributed by atoms with van der Waals surface area (Å²) in [6.45, 7) is 17.2. The van der Waals surface area contributed by atoms with Crippen LogP contribution in [0.5, 0.6) is 11.5 Å². The molecule has 0 spiro atoms. The molecule has 0 unspecified atom stereocenters. The van der Waals surface area contributed by atoms with Gasteiger partial charge in [-0.15, -0.1) is 0 Å². The third kappa shape index (κ3) is 7.22. The Morgan fingerprint density at radius 1 is 0.676 bits per heavy atom. The van der Waals surface area contributed by atoms with Crippen molar-refractivity contribution >= 4 is 21.8 Å². The number of aryl methyl sites for hydroxylation is 2. The van der Waals surface area contributed by atoms with Crippen LogP contribution in [0.25, 0.3) is 0 Å². The smallest absolute Gasteiger partial charge is 0.333 e. The van der Waals surface area contributed by atoms with E-state index in [0.29, 0.717) is 22.6 Å². The van der Waals surface area contributed by atoms with E-state index in [4.69, 9.17) is 18.9 Å². The molecule has 0 amide bonds. The lowest BCUT2D eigenvalue weighted by Gasteiger charge is -2.19. The first-order valence-corrected chi connectivity index (χ1v) is 13.1. The van der Waals surface area contributed by atoms with Crippen LogP contribution in [0.15, 0.2) is 58.4 Å². The zero-order valence-corrected chi connectivity index (χ0v) is 23.0. The number of ether oxygens (including phenoxy) is 4. The van der Waals surface area contributed by atoms with Gasteiger partial charge in [0.2, 0.25) is 9.84 Å². The van der Waals surface area contributed by atoms with Crippen LogP contribution >= 0.6 is 0 Å². The second-order valence-corrected chi connectivity index (χ2v) is 10.6. The molecule has 2 rings (SSSR count). The van der Waals surface area contributed by atoms with Crippen molar-refractivity contribution in [1.82, 2.24) is 0 Å². The Kier molecular flexibility index (Phi) is 10.1. The fourth-order valence-corrected chi connectivity index (χ4v) is 5.29. The summed E-state index contributed by atoms with van der Waals surface area (Å²) in [5, 5.41) is 0. The third-order valence-corrected chi connectivity index (χ3v) is 7.55. The maximum Gasteiger partial charge on any atom is 0.333 e. The first-order valence-electron chi connectivity index (χ1n) is 11.6. The molecule has 0 fully saturated rings. The van der Waals surface area contributed by atoms with E-state index >= 15 is 0 Å². The Morgan fingerprint density at radius 3 is 1.35 bits per heavy atom. The second-order valence-electron chi connectivity index (χ2n) is 8.70. The van der Waals surface area contributed by atoms with Crippen molar-refractivity contribution in [2.45, 2.75) is 51.3 Å². The first-order chi connectivity index (χ1) is 17.3. The van der Waals surface area contributed by atoms with E-state index in [-0.39, 0.29) is 47.4 Å². The SMILES string of the molecule is C=C(C)C(=O)OCCOc1c(C)ccc(S(=O)(=O)c2ccc(C)c(OCCOC(=O)C(=C)C)c2C)c1C. The van der Waals surface area contributed by atoms with Gasteiger partial charge in [0.15, 0.2) is 0 Å². The number of hydrogen-bond acceptors (Lipinski definition) is 8. The Morgan fingerprint density at radius 2 is 1.03 bits per heavy atom. The monoisotopic (exact) mass is 530 g/mol. The summed E-state index contributed by atoms with van der Waals surface area (Å²) in [6.07, 6.45) is 0. The van der Waals surface area contributed by atoms with Crippen LogP contribution in [0.3, 0.4) is 0 Å². The number of benzene rings is 2. The van der Waals surface area contributed by atoms with Crippen molar-refractivity contribution in [3.05, 3.63) is 70.8 Å². The number of hydrogen-bond donors (Lipinski definition) is 0. The zero-order valence-electron chi connectivity index (χ0n) is 22.2. The molecule has 2 aromatic carbocycles. The van der Waals surface area contributed by atoms with Crippen LogP contribution in [0, 0.1) is 27.7 Å². The van der Waals surface area contributed by atoms with E-state index in [2.05, 4.69) is 13.2 Å². The molecule has 0 atom stereocenters. The van der Waals surface area contributed by atoms with Crippen LogP contribution in [0.1, 0.15) is 36.1 Å². The number of sulfone groups is 1. The van der Waals surface area contributed by atoms with Gasteiger partial charge in [-0.05, 0) is 64.8 Å². The van der Waals surface area contributed by atoms with Crippen molar-refractivity contribution in [3.63, 3.8) is 0 Å². The van der Waals surface area contributed by atoms with Gasteiger partial charge in [-0.1, -0.05) is 25.3 Å². The van der Waals surface area contributed by atoms with Gasteiger partial charge in [0.25, 0.3) is 0 Å². The van der Waals surface area contributed by atoms with Gasteiger partial charge >= 0.3 is 11.9 Å². The van der Waals surface area contributed by atoms with Gasteiger partial charge in [0.1, 0.15) is 37.9 Å². The molecule has 9 heteroatoms. The van der Waals surface area contributed by atoms with Crippen molar-refractivity contribution in [1.29, 1.82) is 0 Å². The highest BCUT2D eigenvalue weighted by molar-refractivity contribution is 7.91. The lowest BCUT2D eigenvalue weighted by molar-refractivity contribution is -0.140. The number of carbonyl (C=O) groups excluding carboxylic acids is 2. The molecule has 0 radical (unpaired) electrons. The normalized spacial score (nSPS) is 11.0. The Hall–Kier alpha value is -3.59. The Labute approximate surface area is 218 Å². The van der Waals surface area contributed by atoms with Gasteiger partial charge in [-0.2, -0.15) is 0 Å². The minimum absolute atomic E-state index is 0.000991. The minimum Gasteiger partial charge on any atom is -0.489 e. The predicted octanol–water partition coefficient (Wildman–Crippen LogP) is 4.75. The van der Waals surface area contributed by atoms with Gasteiger partial charge in [-0.25, -0.2) is 18.0 Å². The van der Waals surface area contributed by atoms with E-state index in [1.165, 1.54) is 0 Å². The molecule has 2 aromatic rings. The molecule has 0 saturated carbocycles. The molecule has 0 N–H and O–H groups in total. The van der Waals surface area contributed by atoms with E-state index in [9.17, 15) is 18.0 Å². The van der Waals surface area contributed by atoms with E-state index in [0.717, 1.165) is 11.1 Å². The van der Waals surface area contributed by atoms with Gasteiger partial charge in [-0.3, -0.25) is 0 Å². The van der Waals surface area contributed by atoms with Crippen molar-refractivity contribution in [3.8, 4) is 11.5 Å². The number of rotatable bonds is 12. The number of esters is 2. The molecule has 0 aliphatic rings. The van der Waals surface area contributed by atoms with Crippen LogP contribution in [0.2, 0.25) is 0 Å². The molecule has 0 bridgehead atoms. The molecular weight excluding hydrogens is 496 g/mol. The van der Waals surface area contributed by atoms with Crippen LogP contribution in [-0.4, -0.2) is 46.8 Å². The van der Waals surface area contributed by atoms with E-state index in [1.807, 2.05) is 13.8 Å². The van der Waals surface area contributed by atoms with Crippen LogP contribution in [-0.2, 0) is 28.9 Å². The lowest BCUT2D eigenvalue weighted by atomic mass is 10.1. The molecule has 0 aromatic heterocycles. The summed E-state index contributed by atoms with van der Waals surface area (Å²) >= 11 is 0. The van der Waals surface area contributed by atoms with Crippen LogP contribution < -0.4 is 9.47 Å². The summed E-state index contributed by atoms with van der Waals surface area (Å²) in [7, 11) is -3.94. The Balaban J connectivity index is 2.29. The summed E-state index contributed by atoms with van der Waals surface area (Å²) in [4.78, 5) is 23.3. The molecule has 0 saturated heterocycles. The topological polar surface area (TPSA) is 105 Å². The standard InChI is InChI=1S/C28H34O8S/c1-17(2)27(29)35-15-13-33-25-19(5)9-11-23(21(25)7)37(31,32)24-12-10-20(6)26(22(24)8)34-14-16-36-28(30)18(3)4/h9-12H,1,3,13-16H2,2,4-8H3. The molecule has 200 valence electrons. The predicted molar refractivity (Wildman–Crippen MR) is 140 cm³/mol. The highest BCUT2D eigenvalue weighted by Crippen LogP contribution is 2.36. The summed E-state index contributed by atoms with van der Waals surface area (Å²) in [5.41, 5.74) is 2.95. The van der Waals surface area contributed by atoms with E-state index in [1.54, 1.807) is 52.0 Å². The molecule has 8 nitrogen and oxygen atoms in total. The average molecular weight is 531 g/mol. The summed E-state index contributed by atoms with van der Waals surface area (Å²) in [6, 6.07) is 6.44. The van der Waals surface area contributed by atoms with Gasteiger partial charge in [0.05, 0.1) is 9.79 Å². The minimum atomic E-state index is -3.94. The highest BCUT2D eigenvalue weighted by Gasteiger charge is 2.26. The lowest BCUT2D eigenvalue weighted by Crippen LogP contribution is -2.15. The molecule has 0 aliphatic carbocycles. The quantitative estimate of drug-likeness (QED) is 0.220. The van der Waals surface area contributed by atoms with Gasteiger partial charge < -0.3 is 18.9 Å². The maximum atomic E-state index is 13.7. The first kappa shape index (κ1) is 29.6. The third-order valence-electron chi connectivity index (χ3n) is 5.51. The summed E-state index contributed by atoms with van der Waals surface area (Å²) in [5.74, 6) is -0.216. The van der Waals surface area contributed by atoms with E-state index < -0.39 is 21.8 Å². The Bertz CT molecular complexity index is 1230. The largest absolute Gasteiger partial charge is 0.489 e. The molecule has 37 heavy (non-hydrogen) atoms. The summed E-state index contributed by atoms with van der Waals surface area (Å²) < 4.78 is 49.1. The van der Waals surface area contributed by atoms with Gasteiger partial charge in [0, 0.05) is 22.3 Å². The fourth-order valence-electron chi connectivity index (χ4n) is 3.57. The molecule has 0 heterocycles. The maximum absolute atomic E-state index is 13.7. The number of carbonyl (C=O) groups is 2. The van der Waals surface area contributed by atoms with Crippen molar-refractivity contribution in [2.75, 3.05) is 26.4 Å². The average Bonchev–Trinajstić information content (AvgIpc) is 2.81. The highest BCUT2D eigenvalue weighted by atomic mass is 32.2. The molecule has 0 aliphatic heterocycles. The van der Waals surface area contributed by atoms with Crippen molar-refractivity contribution in [2.24, 2.45) is 0 Å².